The molecule has 10 aromatic rings. The van der Waals surface area contributed by atoms with Gasteiger partial charge in [0.1, 0.15) is 11.2 Å². The van der Waals surface area contributed by atoms with Crippen LogP contribution < -0.4 is 0 Å². The van der Waals surface area contributed by atoms with Crippen molar-refractivity contribution in [2.45, 2.75) is 0 Å². The van der Waals surface area contributed by atoms with Crippen LogP contribution in [0.3, 0.4) is 0 Å². The molecule has 0 radical (unpaired) electrons. The van der Waals surface area contributed by atoms with Crippen molar-refractivity contribution in [2.24, 2.45) is 0 Å². The molecule has 0 unspecified atom stereocenters. The van der Waals surface area contributed by atoms with E-state index in [0.717, 1.165) is 77.8 Å². The van der Waals surface area contributed by atoms with Crippen molar-refractivity contribution in [1.82, 2.24) is 9.97 Å². The fraction of sp³-hybridized carbons (Fsp3) is 0. The molecule has 0 spiro atoms. The molecule has 0 bridgehead atoms. The summed E-state index contributed by atoms with van der Waals surface area (Å²) in [4.78, 5) is 10.4. The predicted octanol–water partition coefficient (Wildman–Crippen LogP) is 13.5. The van der Waals surface area contributed by atoms with Gasteiger partial charge in [-0.2, -0.15) is 0 Å². The first-order chi connectivity index (χ1) is 26.2. The van der Waals surface area contributed by atoms with Gasteiger partial charge in [-0.3, -0.25) is 0 Å². The molecule has 0 fully saturated rings. The van der Waals surface area contributed by atoms with Gasteiger partial charge in [0.05, 0.1) is 11.4 Å². The normalized spacial score (nSPS) is 11.4. The SMILES string of the molecule is c1ccc(-c2cccc(-c3cc(-c4cc(-c5ccccc5)cc(-c5ccc6c(c5)oc5ccc7ccccc7c56)c4)nc(-c4ccccc4)n3)c2)cc1. The van der Waals surface area contributed by atoms with Crippen molar-refractivity contribution in [1.29, 1.82) is 0 Å². The fourth-order valence-corrected chi connectivity index (χ4v) is 7.41. The highest BCUT2D eigenvalue weighted by Crippen LogP contribution is 2.39. The minimum Gasteiger partial charge on any atom is -0.456 e. The monoisotopic (exact) mass is 676 g/mol. The molecule has 248 valence electrons. The maximum Gasteiger partial charge on any atom is 0.160 e. The molecule has 0 saturated carbocycles. The highest BCUT2D eigenvalue weighted by molar-refractivity contribution is 6.19. The molecular formula is C50H32N2O. The van der Waals surface area contributed by atoms with Gasteiger partial charge in [-0.1, -0.05) is 146 Å². The molecule has 0 saturated heterocycles. The number of nitrogens with zero attached hydrogens (tertiary/aromatic N) is 2. The second-order valence-electron chi connectivity index (χ2n) is 13.4. The van der Waals surface area contributed by atoms with Gasteiger partial charge in [-0.15, -0.1) is 0 Å². The van der Waals surface area contributed by atoms with Crippen LogP contribution in [0, 0.1) is 0 Å². The molecule has 0 aliphatic rings. The summed E-state index contributed by atoms with van der Waals surface area (Å²) in [6.45, 7) is 0. The molecule has 8 aromatic carbocycles. The molecule has 0 atom stereocenters. The van der Waals surface area contributed by atoms with Crippen molar-refractivity contribution in [3.63, 3.8) is 0 Å². The zero-order valence-electron chi connectivity index (χ0n) is 28.8. The Hall–Kier alpha value is -7.10. The topological polar surface area (TPSA) is 38.9 Å². The summed E-state index contributed by atoms with van der Waals surface area (Å²) >= 11 is 0. The molecule has 0 aliphatic heterocycles. The average molecular weight is 677 g/mol. The van der Waals surface area contributed by atoms with Crippen LogP contribution in [0.2, 0.25) is 0 Å². The van der Waals surface area contributed by atoms with Crippen LogP contribution in [0.1, 0.15) is 0 Å². The summed E-state index contributed by atoms with van der Waals surface area (Å²) in [7, 11) is 0. The molecule has 3 heteroatoms. The molecular weight excluding hydrogens is 645 g/mol. The van der Waals surface area contributed by atoms with E-state index in [4.69, 9.17) is 14.4 Å². The lowest BCUT2D eigenvalue weighted by Gasteiger charge is -2.14. The maximum atomic E-state index is 6.50. The van der Waals surface area contributed by atoms with E-state index in [9.17, 15) is 0 Å². The quantitative estimate of drug-likeness (QED) is 0.176. The van der Waals surface area contributed by atoms with E-state index in [1.54, 1.807) is 0 Å². The van der Waals surface area contributed by atoms with E-state index in [-0.39, 0.29) is 0 Å². The minimum atomic E-state index is 0.686. The second-order valence-corrected chi connectivity index (χ2v) is 13.4. The van der Waals surface area contributed by atoms with E-state index in [0.29, 0.717) is 5.82 Å². The molecule has 0 amide bonds. The van der Waals surface area contributed by atoms with Crippen LogP contribution in [-0.2, 0) is 0 Å². The maximum absolute atomic E-state index is 6.50. The first-order valence-electron chi connectivity index (χ1n) is 17.9. The van der Waals surface area contributed by atoms with Crippen LogP contribution in [0.4, 0.5) is 0 Å². The lowest BCUT2D eigenvalue weighted by Crippen LogP contribution is -1.96. The van der Waals surface area contributed by atoms with Crippen LogP contribution >= 0.6 is 0 Å². The second kappa shape index (κ2) is 12.9. The standard InChI is InChI=1S/C50H32N2O/c1-4-13-33(14-5-1)37-20-12-21-39(27-37)45-32-46(52-50(51-45)36-18-8-3-9-19-36)42-29-40(34-15-6-2-7-16-34)28-41(30-42)38-23-25-44-48(31-38)53-47-26-24-35-17-10-11-22-43(35)49(44)47/h1-32H. The van der Waals surface area contributed by atoms with E-state index < -0.39 is 0 Å². The summed E-state index contributed by atoms with van der Waals surface area (Å²) in [6.07, 6.45) is 0. The number of furan rings is 1. The third-order valence-electron chi connectivity index (χ3n) is 10.1. The Morgan fingerprint density at radius 1 is 0.302 bits per heavy atom. The number of aromatic nitrogens is 2. The Morgan fingerprint density at radius 3 is 1.60 bits per heavy atom. The zero-order chi connectivity index (χ0) is 35.1. The fourth-order valence-electron chi connectivity index (χ4n) is 7.41. The Morgan fingerprint density at radius 2 is 0.849 bits per heavy atom. The molecule has 2 heterocycles. The van der Waals surface area contributed by atoms with Crippen molar-refractivity contribution < 1.29 is 4.42 Å². The third-order valence-corrected chi connectivity index (χ3v) is 10.1. The van der Waals surface area contributed by atoms with E-state index in [1.165, 1.54) is 16.3 Å². The lowest BCUT2D eigenvalue weighted by atomic mass is 9.93. The first-order valence-corrected chi connectivity index (χ1v) is 17.9. The van der Waals surface area contributed by atoms with Crippen molar-refractivity contribution in [3.05, 3.63) is 194 Å². The first kappa shape index (κ1) is 30.7. The molecule has 10 rings (SSSR count). The van der Waals surface area contributed by atoms with Crippen molar-refractivity contribution in [2.75, 3.05) is 0 Å². The molecule has 0 N–H and O–H groups in total. The Kier molecular flexibility index (Phi) is 7.47. The van der Waals surface area contributed by atoms with Gasteiger partial charge in [-0.05, 0) is 92.7 Å². The summed E-state index contributed by atoms with van der Waals surface area (Å²) in [5.41, 5.74) is 13.2. The van der Waals surface area contributed by atoms with Crippen LogP contribution in [-0.4, -0.2) is 9.97 Å². The van der Waals surface area contributed by atoms with Gasteiger partial charge in [0.2, 0.25) is 0 Å². The molecule has 0 aliphatic carbocycles. The van der Waals surface area contributed by atoms with Gasteiger partial charge in [-0.25, -0.2) is 9.97 Å². The average Bonchev–Trinajstić information content (AvgIpc) is 3.63. The summed E-state index contributed by atoms with van der Waals surface area (Å²) in [6, 6.07) is 68.0. The van der Waals surface area contributed by atoms with Gasteiger partial charge < -0.3 is 4.42 Å². The smallest absolute Gasteiger partial charge is 0.160 e. The Labute approximate surface area is 307 Å². The van der Waals surface area contributed by atoms with Crippen LogP contribution in [0.25, 0.3) is 100.0 Å². The largest absolute Gasteiger partial charge is 0.456 e. The number of fused-ring (bicyclic) bond motifs is 5. The molecule has 53 heavy (non-hydrogen) atoms. The van der Waals surface area contributed by atoms with Crippen molar-refractivity contribution in [3.8, 4) is 67.3 Å². The number of hydrogen-bond donors (Lipinski definition) is 0. The Bertz CT molecular complexity index is 2930. The van der Waals surface area contributed by atoms with Crippen molar-refractivity contribution >= 4 is 32.7 Å². The third kappa shape index (κ3) is 5.75. The minimum absolute atomic E-state index is 0.686. The van der Waals surface area contributed by atoms with E-state index >= 15 is 0 Å². The van der Waals surface area contributed by atoms with Crippen LogP contribution in [0.15, 0.2) is 199 Å². The van der Waals surface area contributed by atoms with Gasteiger partial charge in [0.25, 0.3) is 0 Å². The van der Waals surface area contributed by atoms with E-state index in [2.05, 4.69) is 170 Å². The van der Waals surface area contributed by atoms with E-state index in [1.807, 2.05) is 24.3 Å². The number of benzene rings is 8. The Balaban J connectivity index is 1.16. The molecule has 2 aromatic heterocycles. The predicted molar refractivity (Wildman–Crippen MR) is 219 cm³/mol. The summed E-state index contributed by atoms with van der Waals surface area (Å²) in [5.74, 6) is 0.686. The number of hydrogen-bond acceptors (Lipinski definition) is 3. The number of rotatable bonds is 6. The highest BCUT2D eigenvalue weighted by atomic mass is 16.3. The van der Waals surface area contributed by atoms with Gasteiger partial charge >= 0.3 is 0 Å². The van der Waals surface area contributed by atoms with Crippen LogP contribution in [0.5, 0.6) is 0 Å². The lowest BCUT2D eigenvalue weighted by molar-refractivity contribution is 0.669. The summed E-state index contributed by atoms with van der Waals surface area (Å²) < 4.78 is 6.50. The summed E-state index contributed by atoms with van der Waals surface area (Å²) in [5, 5.41) is 4.68. The molecule has 3 nitrogen and oxygen atoms in total. The van der Waals surface area contributed by atoms with Gasteiger partial charge in [0, 0.05) is 27.5 Å². The zero-order valence-corrected chi connectivity index (χ0v) is 28.8. The van der Waals surface area contributed by atoms with Gasteiger partial charge in [0.15, 0.2) is 5.82 Å². The highest BCUT2D eigenvalue weighted by Gasteiger charge is 2.16.